The van der Waals surface area contributed by atoms with Gasteiger partial charge in [0.2, 0.25) is 0 Å². The second kappa shape index (κ2) is 7.48. The number of benzene rings is 2. The molecule has 2 heterocycles. The predicted molar refractivity (Wildman–Crippen MR) is 105 cm³/mol. The molecule has 0 saturated carbocycles. The van der Waals surface area contributed by atoms with Crippen molar-refractivity contribution in [3.05, 3.63) is 89.2 Å². The number of aryl methyl sites for hydroxylation is 2. The van der Waals surface area contributed by atoms with Crippen molar-refractivity contribution in [2.45, 2.75) is 33.0 Å². The van der Waals surface area contributed by atoms with Crippen molar-refractivity contribution in [2.75, 3.05) is 13.2 Å². The van der Waals surface area contributed by atoms with Crippen molar-refractivity contribution in [2.24, 2.45) is 0 Å². The van der Waals surface area contributed by atoms with Crippen LogP contribution in [0.4, 0.5) is 0 Å². The van der Waals surface area contributed by atoms with Crippen molar-refractivity contribution < 1.29 is 4.74 Å². The van der Waals surface area contributed by atoms with Gasteiger partial charge < -0.3 is 9.30 Å². The standard InChI is InChI=1S/C23H26N2O/c1-3-19-7-9-22(10-8-19)24-12-11-21(17-24)23-25(13-14-26-23)16-20-6-4-5-18(2)15-20/h4-12,15,17,23H,3,13-14,16H2,1-2H3. The maximum absolute atomic E-state index is 6.05. The smallest absolute Gasteiger partial charge is 0.138 e. The lowest BCUT2D eigenvalue weighted by Gasteiger charge is -2.22. The fourth-order valence-corrected chi connectivity index (χ4v) is 3.64. The molecule has 0 radical (unpaired) electrons. The van der Waals surface area contributed by atoms with Gasteiger partial charge in [-0.25, -0.2) is 0 Å². The summed E-state index contributed by atoms with van der Waals surface area (Å²) in [4.78, 5) is 2.41. The van der Waals surface area contributed by atoms with E-state index in [0.29, 0.717) is 0 Å². The van der Waals surface area contributed by atoms with Gasteiger partial charge in [0, 0.05) is 36.7 Å². The second-order valence-corrected chi connectivity index (χ2v) is 7.05. The van der Waals surface area contributed by atoms with E-state index in [1.54, 1.807) is 0 Å². The zero-order chi connectivity index (χ0) is 17.9. The first-order valence-corrected chi connectivity index (χ1v) is 9.41. The molecule has 1 aliphatic rings. The van der Waals surface area contributed by atoms with Crippen LogP contribution >= 0.6 is 0 Å². The van der Waals surface area contributed by atoms with E-state index in [-0.39, 0.29) is 6.23 Å². The Kier molecular flexibility index (Phi) is 4.91. The molecule has 3 nitrogen and oxygen atoms in total. The minimum atomic E-state index is 0.0340. The first kappa shape index (κ1) is 17.1. The third-order valence-electron chi connectivity index (χ3n) is 5.10. The summed E-state index contributed by atoms with van der Waals surface area (Å²) in [6.07, 6.45) is 5.43. The third kappa shape index (κ3) is 3.59. The molecule has 1 aliphatic heterocycles. The van der Waals surface area contributed by atoms with Crippen LogP contribution in [0.5, 0.6) is 0 Å². The monoisotopic (exact) mass is 346 g/mol. The molecular weight excluding hydrogens is 320 g/mol. The van der Waals surface area contributed by atoms with Crippen LogP contribution in [0.25, 0.3) is 5.69 Å². The van der Waals surface area contributed by atoms with Crippen LogP contribution in [0.3, 0.4) is 0 Å². The summed E-state index contributed by atoms with van der Waals surface area (Å²) in [7, 11) is 0. The van der Waals surface area contributed by atoms with Gasteiger partial charge in [0.15, 0.2) is 0 Å². The van der Waals surface area contributed by atoms with Crippen LogP contribution < -0.4 is 0 Å². The van der Waals surface area contributed by atoms with E-state index < -0.39 is 0 Å². The SMILES string of the molecule is CCc1ccc(-n2ccc(C3OCCN3Cc3cccc(C)c3)c2)cc1. The molecular formula is C23H26N2O. The quantitative estimate of drug-likeness (QED) is 0.655. The molecule has 3 heteroatoms. The average Bonchev–Trinajstić information content (AvgIpc) is 3.31. The van der Waals surface area contributed by atoms with Crippen LogP contribution in [-0.4, -0.2) is 22.6 Å². The van der Waals surface area contributed by atoms with Crippen molar-refractivity contribution >= 4 is 0 Å². The van der Waals surface area contributed by atoms with Gasteiger partial charge in [-0.1, -0.05) is 48.9 Å². The highest BCUT2D eigenvalue weighted by Crippen LogP contribution is 2.29. The molecule has 0 spiro atoms. The van der Waals surface area contributed by atoms with Crippen LogP contribution in [0.1, 0.15) is 35.4 Å². The molecule has 134 valence electrons. The highest BCUT2D eigenvalue weighted by molar-refractivity contribution is 5.37. The van der Waals surface area contributed by atoms with Crippen LogP contribution in [0, 0.1) is 6.92 Å². The molecule has 0 aliphatic carbocycles. The van der Waals surface area contributed by atoms with Gasteiger partial charge >= 0.3 is 0 Å². The fraction of sp³-hybridized carbons (Fsp3) is 0.304. The Morgan fingerprint density at radius 3 is 2.65 bits per heavy atom. The van der Waals surface area contributed by atoms with E-state index >= 15 is 0 Å². The lowest BCUT2D eigenvalue weighted by Crippen LogP contribution is -2.23. The largest absolute Gasteiger partial charge is 0.357 e. The average molecular weight is 346 g/mol. The van der Waals surface area contributed by atoms with Crippen LogP contribution in [0.15, 0.2) is 67.0 Å². The normalized spacial score (nSPS) is 17.7. The van der Waals surface area contributed by atoms with E-state index in [1.807, 2.05) is 0 Å². The summed E-state index contributed by atoms with van der Waals surface area (Å²) in [6, 6.07) is 19.7. The molecule has 1 atom stereocenters. The first-order chi connectivity index (χ1) is 12.7. The van der Waals surface area contributed by atoms with Crippen molar-refractivity contribution in [1.82, 2.24) is 9.47 Å². The number of ether oxygens (including phenoxy) is 1. The fourth-order valence-electron chi connectivity index (χ4n) is 3.64. The predicted octanol–water partition coefficient (Wildman–Crippen LogP) is 4.88. The Morgan fingerprint density at radius 2 is 1.88 bits per heavy atom. The Bertz CT molecular complexity index is 866. The molecule has 0 N–H and O–H groups in total. The van der Waals surface area contributed by atoms with Gasteiger partial charge in [-0.3, -0.25) is 4.90 Å². The minimum Gasteiger partial charge on any atom is -0.357 e. The second-order valence-electron chi connectivity index (χ2n) is 7.05. The molecule has 2 aromatic carbocycles. The number of rotatable bonds is 5. The number of nitrogens with zero attached hydrogens (tertiary/aromatic N) is 2. The maximum Gasteiger partial charge on any atom is 0.138 e. The van der Waals surface area contributed by atoms with Crippen molar-refractivity contribution in [3.8, 4) is 5.69 Å². The summed E-state index contributed by atoms with van der Waals surface area (Å²) < 4.78 is 8.23. The molecule has 3 aromatic rings. The molecule has 0 amide bonds. The van der Waals surface area contributed by atoms with E-state index in [9.17, 15) is 0 Å². The number of aromatic nitrogens is 1. The van der Waals surface area contributed by atoms with Crippen molar-refractivity contribution in [1.29, 1.82) is 0 Å². The molecule has 1 saturated heterocycles. The zero-order valence-electron chi connectivity index (χ0n) is 15.6. The van der Waals surface area contributed by atoms with Gasteiger partial charge in [-0.15, -0.1) is 0 Å². The van der Waals surface area contributed by atoms with Gasteiger partial charge in [-0.2, -0.15) is 0 Å². The van der Waals surface area contributed by atoms with Gasteiger partial charge in [0.1, 0.15) is 6.23 Å². The minimum absolute atomic E-state index is 0.0340. The zero-order valence-corrected chi connectivity index (χ0v) is 15.6. The molecule has 0 bridgehead atoms. The van der Waals surface area contributed by atoms with Gasteiger partial charge in [-0.05, 0) is 42.7 Å². The van der Waals surface area contributed by atoms with Crippen molar-refractivity contribution in [3.63, 3.8) is 0 Å². The number of hydrogen-bond donors (Lipinski definition) is 0. The lowest BCUT2D eigenvalue weighted by molar-refractivity contribution is 0.0288. The lowest BCUT2D eigenvalue weighted by atomic mass is 10.1. The van der Waals surface area contributed by atoms with E-state index in [4.69, 9.17) is 4.74 Å². The number of hydrogen-bond acceptors (Lipinski definition) is 2. The topological polar surface area (TPSA) is 17.4 Å². The van der Waals surface area contributed by atoms with E-state index in [2.05, 4.69) is 90.3 Å². The summed E-state index contributed by atoms with van der Waals surface area (Å²) >= 11 is 0. The summed E-state index contributed by atoms with van der Waals surface area (Å²) in [5.41, 5.74) is 6.42. The molecule has 26 heavy (non-hydrogen) atoms. The van der Waals surface area contributed by atoms with Gasteiger partial charge in [0.25, 0.3) is 0 Å². The van der Waals surface area contributed by atoms with E-state index in [0.717, 1.165) is 26.1 Å². The summed E-state index contributed by atoms with van der Waals surface area (Å²) in [5.74, 6) is 0. The Balaban J connectivity index is 1.52. The highest BCUT2D eigenvalue weighted by atomic mass is 16.5. The Morgan fingerprint density at radius 1 is 1.04 bits per heavy atom. The highest BCUT2D eigenvalue weighted by Gasteiger charge is 2.27. The molecule has 1 unspecified atom stereocenters. The Labute approximate surface area is 155 Å². The Hall–Kier alpha value is -2.36. The van der Waals surface area contributed by atoms with Crippen LogP contribution in [-0.2, 0) is 17.7 Å². The van der Waals surface area contributed by atoms with Gasteiger partial charge in [0.05, 0.1) is 6.61 Å². The molecule has 1 aromatic heterocycles. The first-order valence-electron chi connectivity index (χ1n) is 9.41. The molecule has 1 fully saturated rings. The molecule has 4 rings (SSSR count). The van der Waals surface area contributed by atoms with Crippen LogP contribution in [0.2, 0.25) is 0 Å². The summed E-state index contributed by atoms with van der Waals surface area (Å²) in [5, 5.41) is 0. The van der Waals surface area contributed by atoms with E-state index in [1.165, 1.54) is 27.9 Å². The third-order valence-corrected chi connectivity index (χ3v) is 5.10. The summed E-state index contributed by atoms with van der Waals surface area (Å²) in [6.45, 7) is 7.00. The maximum atomic E-state index is 6.05.